The van der Waals surface area contributed by atoms with Gasteiger partial charge in [0.1, 0.15) is 5.75 Å². The van der Waals surface area contributed by atoms with Gasteiger partial charge in [-0.15, -0.1) is 0 Å². The molecule has 4 rings (SSSR count). The zero-order valence-electron chi connectivity index (χ0n) is 15.8. The summed E-state index contributed by atoms with van der Waals surface area (Å²) in [6, 6.07) is 18.2. The molecule has 0 spiro atoms. The van der Waals surface area contributed by atoms with Crippen LogP contribution in [0.15, 0.2) is 60.8 Å². The molecule has 0 amide bonds. The Morgan fingerprint density at radius 3 is 2.52 bits per heavy atom. The number of hydrogen-bond donors (Lipinski definition) is 0. The van der Waals surface area contributed by atoms with Crippen molar-refractivity contribution in [3.8, 4) is 5.75 Å². The van der Waals surface area contributed by atoms with E-state index in [1.807, 2.05) is 42.5 Å². The van der Waals surface area contributed by atoms with E-state index in [4.69, 9.17) is 4.74 Å². The van der Waals surface area contributed by atoms with E-state index in [9.17, 15) is 4.79 Å². The number of nitrogens with zero attached hydrogens (tertiary/aromatic N) is 1. The van der Waals surface area contributed by atoms with Gasteiger partial charge in [-0.3, -0.25) is 4.79 Å². The minimum Gasteiger partial charge on any atom is -0.494 e. The van der Waals surface area contributed by atoms with Crippen LogP contribution in [0.25, 0.3) is 10.9 Å². The highest BCUT2D eigenvalue weighted by atomic mass is 16.5. The lowest BCUT2D eigenvalue weighted by Gasteiger charge is -2.19. The van der Waals surface area contributed by atoms with Crippen molar-refractivity contribution in [1.29, 1.82) is 0 Å². The lowest BCUT2D eigenvalue weighted by atomic mass is 9.84. The molecule has 3 heteroatoms. The second-order valence-electron chi connectivity index (χ2n) is 7.47. The molecule has 0 N–H and O–H groups in total. The largest absolute Gasteiger partial charge is 0.494 e. The number of carbonyl (C=O) groups excluding carboxylic acids is 1. The number of hydrogen-bond acceptors (Lipinski definition) is 2. The number of aryl methyl sites for hydroxylation is 1. The molecule has 140 valence electrons. The molecule has 3 aromatic rings. The van der Waals surface area contributed by atoms with Gasteiger partial charge in [0.2, 0.25) is 0 Å². The average Bonchev–Trinajstić information content (AvgIpc) is 3.11. The fraction of sp³-hybridized carbons (Fsp3) is 0.375. The molecule has 3 nitrogen and oxygen atoms in total. The second-order valence-corrected chi connectivity index (χ2v) is 7.47. The summed E-state index contributed by atoms with van der Waals surface area (Å²) in [4.78, 5) is 13.1. The highest BCUT2D eigenvalue weighted by molar-refractivity contribution is 6.09. The maximum atomic E-state index is 13.1. The summed E-state index contributed by atoms with van der Waals surface area (Å²) in [6.45, 7) is 1.52. The number of Topliss-reactive ketones (excluding diaryl/α,β-unsaturated/α-hetero) is 1. The minimum absolute atomic E-state index is 0.208. The van der Waals surface area contributed by atoms with Crippen molar-refractivity contribution in [3.63, 3.8) is 0 Å². The first-order valence-electron chi connectivity index (χ1n) is 10.1. The number of ether oxygens (including phenoxy) is 1. The first kappa shape index (κ1) is 17.8. The quantitative estimate of drug-likeness (QED) is 0.389. The van der Waals surface area contributed by atoms with Crippen molar-refractivity contribution < 1.29 is 9.53 Å². The molecule has 27 heavy (non-hydrogen) atoms. The summed E-state index contributed by atoms with van der Waals surface area (Å²) >= 11 is 0. The first-order valence-corrected chi connectivity index (χ1v) is 10.1. The molecule has 0 aliphatic heterocycles. The maximum Gasteiger partial charge on any atom is 0.168 e. The smallest absolute Gasteiger partial charge is 0.168 e. The number of rotatable bonds is 7. The van der Waals surface area contributed by atoms with Gasteiger partial charge >= 0.3 is 0 Å². The zero-order chi connectivity index (χ0) is 18.5. The summed E-state index contributed by atoms with van der Waals surface area (Å²) < 4.78 is 8.03. The molecule has 0 saturated heterocycles. The van der Waals surface area contributed by atoms with Crippen molar-refractivity contribution in [3.05, 3.63) is 66.4 Å². The van der Waals surface area contributed by atoms with E-state index in [1.54, 1.807) is 0 Å². The van der Waals surface area contributed by atoms with Gasteiger partial charge in [-0.25, -0.2) is 0 Å². The molecular weight excluding hydrogens is 334 g/mol. The topological polar surface area (TPSA) is 31.2 Å². The normalized spacial score (nSPS) is 15.1. The predicted octanol–water partition coefficient (Wildman–Crippen LogP) is 5.87. The standard InChI is InChI=1S/C24H27NO2/c26-24(19-10-3-1-4-11-19)22-18-25(23-15-8-7-14-21(22)23)16-9-17-27-20-12-5-2-6-13-20/h2,5-8,12-15,18-19H,1,3-4,9-11,16-17H2. The lowest BCUT2D eigenvalue weighted by molar-refractivity contribution is 0.0891. The number of aromatic nitrogens is 1. The molecule has 1 aromatic heterocycles. The Morgan fingerprint density at radius 1 is 0.963 bits per heavy atom. The van der Waals surface area contributed by atoms with Gasteiger partial charge in [-0.2, -0.15) is 0 Å². The number of benzene rings is 2. The van der Waals surface area contributed by atoms with Crippen molar-refractivity contribution in [2.45, 2.75) is 45.1 Å². The predicted molar refractivity (Wildman–Crippen MR) is 109 cm³/mol. The molecule has 1 aliphatic rings. The van der Waals surface area contributed by atoms with E-state index in [0.29, 0.717) is 12.4 Å². The minimum atomic E-state index is 0.208. The van der Waals surface area contributed by atoms with E-state index in [2.05, 4.69) is 22.9 Å². The van der Waals surface area contributed by atoms with Crippen molar-refractivity contribution in [1.82, 2.24) is 4.57 Å². The molecule has 0 bridgehead atoms. The Balaban J connectivity index is 1.47. The number of ketones is 1. The van der Waals surface area contributed by atoms with Crippen LogP contribution in [-0.2, 0) is 6.54 Å². The van der Waals surface area contributed by atoms with Crippen molar-refractivity contribution in [2.75, 3.05) is 6.61 Å². The van der Waals surface area contributed by atoms with Gasteiger partial charge < -0.3 is 9.30 Å². The molecule has 1 aliphatic carbocycles. The summed E-state index contributed by atoms with van der Waals surface area (Å²) in [7, 11) is 0. The molecule has 1 saturated carbocycles. The highest BCUT2D eigenvalue weighted by Gasteiger charge is 2.25. The van der Waals surface area contributed by atoms with E-state index >= 15 is 0 Å². The lowest BCUT2D eigenvalue weighted by Crippen LogP contribution is -2.17. The SMILES string of the molecule is O=C(c1cn(CCCOc2ccccc2)c2ccccc12)C1CCCCC1. The van der Waals surface area contributed by atoms with E-state index in [-0.39, 0.29) is 5.92 Å². The van der Waals surface area contributed by atoms with Gasteiger partial charge in [0, 0.05) is 35.1 Å². The van der Waals surface area contributed by atoms with Crippen LogP contribution in [0.2, 0.25) is 0 Å². The summed E-state index contributed by atoms with van der Waals surface area (Å²) in [6.07, 6.45) is 8.71. The second kappa shape index (κ2) is 8.43. The van der Waals surface area contributed by atoms with Gasteiger partial charge in [-0.1, -0.05) is 55.7 Å². The van der Waals surface area contributed by atoms with E-state index in [1.165, 1.54) is 19.3 Å². The maximum absolute atomic E-state index is 13.1. The van der Waals surface area contributed by atoms with Crippen LogP contribution in [-0.4, -0.2) is 17.0 Å². The molecule has 0 atom stereocenters. The van der Waals surface area contributed by atoms with Crippen LogP contribution in [0.1, 0.15) is 48.9 Å². The van der Waals surface area contributed by atoms with Crippen LogP contribution in [0, 0.1) is 5.92 Å². The molecule has 2 aromatic carbocycles. The molecule has 0 radical (unpaired) electrons. The Morgan fingerprint density at radius 2 is 1.70 bits per heavy atom. The van der Waals surface area contributed by atoms with Crippen LogP contribution in [0.3, 0.4) is 0 Å². The van der Waals surface area contributed by atoms with Gasteiger partial charge in [0.15, 0.2) is 5.78 Å². The van der Waals surface area contributed by atoms with Crippen LogP contribution in [0.5, 0.6) is 5.75 Å². The summed E-state index contributed by atoms with van der Waals surface area (Å²) in [5, 5.41) is 1.09. The zero-order valence-corrected chi connectivity index (χ0v) is 15.8. The van der Waals surface area contributed by atoms with Gasteiger partial charge in [0.25, 0.3) is 0 Å². The Bertz CT molecular complexity index is 891. The van der Waals surface area contributed by atoms with Crippen LogP contribution in [0.4, 0.5) is 0 Å². The third-order valence-corrected chi connectivity index (χ3v) is 5.59. The first-order chi connectivity index (χ1) is 13.3. The van der Waals surface area contributed by atoms with Gasteiger partial charge in [-0.05, 0) is 37.5 Å². The van der Waals surface area contributed by atoms with E-state index < -0.39 is 0 Å². The summed E-state index contributed by atoms with van der Waals surface area (Å²) in [5.41, 5.74) is 2.05. The molecule has 0 unspecified atom stereocenters. The molecule has 1 heterocycles. The van der Waals surface area contributed by atoms with E-state index in [0.717, 1.165) is 48.0 Å². The highest BCUT2D eigenvalue weighted by Crippen LogP contribution is 2.30. The van der Waals surface area contributed by atoms with Crippen LogP contribution >= 0.6 is 0 Å². The fourth-order valence-corrected chi connectivity index (χ4v) is 4.15. The number of para-hydroxylation sites is 2. The third-order valence-electron chi connectivity index (χ3n) is 5.59. The number of carbonyl (C=O) groups is 1. The van der Waals surface area contributed by atoms with Crippen LogP contribution < -0.4 is 4.74 Å². The number of fused-ring (bicyclic) bond motifs is 1. The van der Waals surface area contributed by atoms with Gasteiger partial charge in [0.05, 0.1) is 6.61 Å². The monoisotopic (exact) mass is 361 g/mol. The third kappa shape index (κ3) is 4.08. The Kier molecular flexibility index (Phi) is 5.57. The molecular formula is C24H27NO2. The Labute approximate surface area is 161 Å². The average molecular weight is 361 g/mol. The molecule has 1 fully saturated rings. The summed E-state index contributed by atoms with van der Waals surface area (Å²) in [5.74, 6) is 1.45. The Hall–Kier alpha value is -2.55. The fourth-order valence-electron chi connectivity index (χ4n) is 4.15. The van der Waals surface area contributed by atoms with Crippen molar-refractivity contribution in [2.24, 2.45) is 5.92 Å². The van der Waals surface area contributed by atoms with Crippen molar-refractivity contribution >= 4 is 16.7 Å².